The first-order valence-corrected chi connectivity index (χ1v) is 8.50. The number of aryl methyl sites for hydroxylation is 1. The second-order valence-electron chi connectivity index (χ2n) is 5.34. The molecule has 0 aliphatic rings. The molecule has 8 heteroatoms. The molecular formula is C16H17N5O2S. The maximum atomic E-state index is 12.1. The number of thiazole rings is 1. The number of hydrogen-bond donors (Lipinski definition) is 0. The van der Waals surface area contributed by atoms with E-state index in [0.29, 0.717) is 37.5 Å². The number of hydrogen-bond acceptors (Lipinski definition) is 7. The fourth-order valence-corrected chi connectivity index (χ4v) is 2.75. The van der Waals surface area contributed by atoms with Gasteiger partial charge in [-0.2, -0.15) is 4.98 Å². The van der Waals surface area contributed by atoms with Gasteiger partial charge in [-0.1, -0.05) is 5.16 Å². The van der Waals surface area contributed by atoms with Gasteiger partial charge in [0.05, 0.1) is 17.7 Å². The van der Waals surface area contributed by atoms with E-state index in [2.05, 4.69) is 20.1 Å². The Bertz CT molecular complexity index is 773. The minimum absolute atomic E-state index is 0.0787. The van der Waals surface area contributed by atoms with Gasteiger partial charge in [-0.15, -0.1) is 11.3 Å². The lowest BCUT2D eigenvalue weighted by Crippen LogP contribution is -2.26. The predicted molar refractivity (Wildman–Crippen MR) is 89.1 cm³/mol. The smallest absolute Gasteiger partial charge is 0.226 e. The molecule has 0 aliphatic heterocycles. The summed E-state index contributed by atoms with van der Waals surface area (Å²) in [4.78, 5) is 26.3. The van der Waals surface area contributed by atoms with Gasteiger partial charge in [0.2, 0.25) is 17.6 Å². The van der Waals surface area contributed by atoms with Gasteiger partial charge >= 0.3 is 0 Å². The largest absolute Gasteiger partial charge is 0.340 e. The summed E-state index contributed by atoms with van der Waals surface area (Å²) >= 11 is 1.53. The molecule has 3 rings (SSSR count). The highest BCUT2D eigenvalue weighted by atomic mass is 32.1. The van der Waals surface area contributed by atoms with Crippen molar-refractivity contribution in [1.82, 2.24) is 25.0 Å². The molecule has 24 heavy (non-hydrogen) atoms. The van der Waals surface area contributed by atoms with Gasteiger partial charge in [0.15, 0.2) is 0 Å². The molecule has 0 saturated heterocycles. The minimum atomic E-state index is 0.0787. The lowest BCUT2D eigenvalue weighted by Gasteiger charge is -2.15. The zero-order chi connectivity index (χ0) is 16.8. The molecule has 0 aliphatic carbocycles. The molecule has 1 amide bonds. The molecule has 124 valence electrons. The molecule has 0 bridgehead atoms. The molecule has 3 aromatic heterocycles. The Labute approximate surface area is 143 Å². The Balaban J connectivity index is 1.46. The SMILES string of the molecule is CN(Cc1cscn1)C(=O)CCCc1nc(-c2cccnc2)no1. The van der Waals surface area contributed by atoms with E-state index < -0.39 is 0 Å². The van der Waals surface area contributed by atoms with Crippen LogP contribution in [0.2, 0.25) is 0 Å². The van der Waals surface area contributed by atoms with Crippen LogP contribution in [0.1, 0.15) is 24.4 Å². The second-order valence-corrected chi connectivity index (χ2v) is 6.06. The first kappa shape index (κ1) is 16.3. The molecule has 0 atom stereocenters. The van der Waals surface area contributed by atoms with Crippen LogP contribution in [0.4, 0.5) is 0 Å². The fourth-order valence-electron chi connectivity index (χ4n) is 2.20. The Morgan fingerprint density at radius 3 is 3.08 bits per heavy atom. The van der Waals surface area contributed by atoms with Crippen molar-refractivity contribution in [2.24, 2.45) is 0 Å². The van der Waals surface area contributed by atoms with Crippen LogP contribution in [0.25, 0.3) is 11.4 Å². The number of carbonyl (C=O) groups excluding carboxylic acids is 1. The Kier molecular flexibility index (Phi) is 5.27. The molecule has 3 aromatic rings. The molecule has 7 nitrogen and oxygen atoms in total. The number of amides is 1. The van der Waals surface area contributed by atoms with E-state index in [-0.39, 0.29) is 5.91 Å². The number of aromatic nitrogens is 4. The lowest BCUT2D eigenvalue weighted by atomic mass is 10.2. The highest BCUT2D eigenvalue weighted by Crippen LogP contribution is 2.15. The first-order valence-electron chi connectivity index (χ1n) is 7.56. The van der Waals surface area contributed by atoms with Crippen molar-refractivity contribution in [2.75, 3.05) is 7.05 Å². The summed E-state index contributed by atoms with van der Waals surface area (Å²) in [5.74, 6) is 1.13. The molecular weight excluding hydrogens is 326 g/mol. The first-order chi connectivity index (χ1) is 11.7. The van der Waals surface area contributed by atoms with E-state index in [1.807, 2.05) is 17.5 Å². The van der Waals surface area contributed by atoms with Crippen molar-refractivity contribution in [1.29, 1.82) is 0 Å². The van der Waals surface area contributed by atoms with Gasteiger partial charge < -0.3 is 9.42 Å². The highest BCUT2D eigenvalue weighted by molar-refractivity contribution is 7.07. The van der Waals surface area contributed by atoms with Crippen LogP contribution >= 0.6 is 11.3 Å². The van der Waals surface area contributed by atoms with Crippen LogP contribution in [-0.2, 0) is 17.8 Å². The zero-order valence-corrected chi connectivity index (χ0v) is 14.1. The van der Waals surface area contributed by atoms with Crippen LogP contribution < -0.4 is 0 Å². The summed E-state index contributed by atoms with van der Waals surface area (Å²) in [7, 11) is 1.79. The maximum Gasteiger partial charge on any atom is 0.226 e. The van der Waals surface area contributed by atoms with Gasteiger partial charge in [-0.3, -0.25) is 9.78 Å². The van der Waals surface area contributed by atoms with Crippen LogP contribution in [-0.4, -0.2) is 38.0 Å². The Morgan fingerprint density at radius 1 is 1.42 bits per heavy atom. The fraction of sp³-hybridized carbons (Fsp3) is 0.312. The van der Waals surface area contributed by atoms with Crippen LogP contribution in [0.15, 0.2) is 39.9 Å². The zero-order valence-electron chi connectivity index (χ0n) is 13.3. The van der Waals surface area contributed by atoms with Gasteiger partial charge in [0, 0.05) is 43.2 Å². The topological polar surface area (TPSA) is 85.0 Å². The van der Waals surface area contributed by atoms with Crippen molar-refractivity contribution < 1.29 is 9.32 Å². The molecule has 0 aromatic carbocycles. The highest BCUT2D eigenvalue weighted by Gasteiger charge is 2.12. The second kappa shape index (κ2) is 7.78. The number of pyridine rings is 1. The maximum absolute atomic E-state index is 12.1. The van der Waals surface area contributed by atoms with Gasteiger partial charge in [0.25, 0.3) is 0 Å². The number of rotatable bonds is 7. The van der Waals surface area contributed by atoms with Gasteiger partial charge in [-0.25, -0.2) is 4.98 Å². The van der Waals surface area contributed by atoms with Crippen molar-refractivity contribution >= 4 is 17.2 Å². The third-order valence-corrected chi connectivity index (χ3v) is 4.11. The van der Waals surface area contributed by atoms with Gasteiger partial charge in [0.1, 0.15) is 0 Å². The normalized spacial score (nSPS) is 10.7. The third-order valence-electron chi connectivity index (χ3n) is 3.48. The molecule has 0 fully saturated rings. The van der Waals surface area contributed by atoms with Crippen molar-refractivity contribution in [3.63, 3.8) is 0 Å². The number of carbonyl (C=O) groups is 1. The Hall–Kier alpha value is -2.61. The summed E-state index contributed by atoms with van der Waals surface area (Å²) < 4.78 is 5.22. The van der Waals surface area contributed by atoms with Gasteiger partial charge in [-0.05, 0) is 18.6 Å². The van der Waals surface area contributed by atoms with Crippen molar-refractivity contribution in [3.8, 4) is 11.4 Å². The Morgan fingerprint density at radius 2 is 2.33 bits per heavy atom. The van der Waals surface area contributed by atoms with E-state index in [4.69, 9.17) is 4.52 Å². The summed E-state index contributed by atoms with van der Waals surface area (Å²) in [6.45, 7) is 0.536. The van der Waals surface area contributed by atoms with E-state index in [9.17, 15) is 4.79 Å². The van der Waals surface area contributed by atoms with E-state index in [1.54, 1.807) is 29.9 Å². The average Bonchev–Trinajstić information content (AvgIpc) is 3.27. The lowest BCUT2D eigenvalue weighted by molar-refractivity contribution is -0.130. The molecule has 0 spiro atoms. The predicted octanol–water partition coefficient (Wildman–Crippen LogP) is 2.57. The van der Waals surface area contributed by atoms with Crippen LogP contribution in [0.5, 0.6) is 0 Å². The van der Waals surface area contributed by atoms with Crippen molar-refractivity contribution in [2.45, 2.75) is 25.8 Å². The van der Waals surface area contributed by atoms with Crippen molar-refractivity contribution in [3.05, 3.63) is 47.0 Å². The quantitative estimate of drug-likeness (QED) is 0.655. The summed E-state index contributed by atoms with van der Waals surface area (Å²) in [6.07, 6.45) is 5.05. The average molecular weight is 343 g/mol. The molecule has 0 saturated carbocycles. The summed E-state index contributed by atoms with van der Waals surface area (Å²) in [5, 5.41) is 5.89. The van der Waals surface area contributed by atoms with E-state index >= 15 is 0 Å². The van der Waals surface area contributed by atoms with Crippen LogP contribution in [0.3, 0.4) is 0 Å². The summed E-state index contributed by atoms with van der Waals surface area (Å²) in [5.41, 5.74) is 3.49. The molecule has 3 heterocycles. The monoisotopic (exact) mass is 343 g/mol. The van der Waals surface area contributed by atoms with Crippen LogP contribution in [0, 0.1) is 0 Å². The number of nitrogens with zero attached hydrogens (tertiary/aromatic N) is 5. The standard InChI is InChI=1S/C16H17N5O2S/c1-21(9-13-10-24-11-18-13)15(22)6-2-5-14-19-16(20-23-14)12-4-3-7-17-8-12/h3-4,7-8,10-11H,2,5-6,9H2,1H3. The van der Waals surface area contributed by atoms with E-state index in [0.717, 1.165) is 11.3 Å². The minimum Gasteiger partial charge on any atom is -0.340 e. The summed E-state index contributed by atoms with van der Waals surface area (Å²) in [6, 6.07) is 3.70. The molecule has 0 radical (unpaired) electrons. The third kappa shape index (κ3) is 4.23. The molecule has 0 N–H and O–H groups in total. The van der Waals surface area contributed by atoms with E-state index in [1.165, 1.54) is 11.3 Å². The molecule has 0 unspecified atom stereocenters.